The SMILES string of the molecule is CC(CO)(CO)NCc1ccc(-c2ccccc2)c2ccccc12. The van der Waals surface area contributed by atoms with Gasteiger partial charge in [-0.3, -0.25) is 0 Å². The molecule has 0 aliphatic heterocycles. The van der Waals surface area contributed by atoms with E-state index >= 15 is 0 Å². The Kier molecular flexibility index (Phi) is 4.95. The molecule has 0 amide bonds. The summed E-state index contributed by atoms with van der Waals surface area (Å²) in [6.45, 7) is 2.19. The van der Waals surface area contributed by atoms with Crippen molar-refractivity contribution in [2.24, 2.45) is 0 Å². The van der Waals surface area contributed by atoms with Crippen molar-refractivity contribution in [1.82, 2.24) is 5.32 Å². The average molecular weight is 321 g/mol. The molecule has 0 spiro atoms. The van der Waals surface area contributed by atoms with Crippen molar-refractivity contribution in [3.63, 3.8) is 0 Å². The first-order chi connectivity index (χ1) is 11.7. The zero-order chi connectivity index (χ0) is 17.0. The monoisotopic (exact) mass is 321 g/mol. The van der Waals surface area contributed by atoms with E-state index in [4.69, 9.17) is 0 Å². The number of hydrogen-bond donors (Lipinski definition) is 3. The van der Waals surface area contributed by atoms with Gasteiger partial charge >= 0.3 is 0 Å². The summed E-state index contributed by atoms with van der Waals surface area (Å²) in [6, 6.07) is 23.0. The number of fused-ring (bicyclic) bond motifs is 1. The summed E-state index contributed by atoms with van der Waals surface area (Å²) < 4.78 is 0. The highest BCUT2D eigenvalue weighted by Crippen LogP contribution is 2.30. The molecule has 124 valence electrons. The van der Waals surface area contributed by atoms with E-state index in [-0.39, 0.29) is 13.2 Å². The van der Waals surface area contributed by atoms with Crippen LogP contribution in [-0.4, -0.2) is 29.0 Å². The summed E-state index contributed by atoms with van der Waals surface area (Å²) in [5, 5.41) is 24.5. The average Bonchev–Trinajstić information content (AvgIpc) is 2.66. The minimum atomic E-state index is -0.681. The number of hydrogen-bond acceptors (Lipinski definition) is 3. The second-order valence-electron chi connectivity index (χ2n) is 6.41. The topological polar surface area (TPSA) is 52.5 Å². The van der Waals surface area contributed by atoms with Crippen molar-refractivity contribution in [2.45, 2.75) is 19.0 Å². The predicted octanol–water partition coefficient (Wildman–Crippen LogP) is 3.34. The molecule has 0 fully saturated rings. The second kappa shape index (κ2) is 7.14. The van der Waals surface area contributed by atoms with Gasteiger partial charge in [0.25, 0.3) is 0 Å². The molecule has 0 aliphatic rings. The molecule has 0 saturated carbocycles. The van der Waals surface area contributed by atoms with Crippen molar-refractivity contribution in [3.05, 3.63) is 72.3 Å². The molecule has 0 bridgehead atoms. The largest absolute Gasteiger partial charge is 0.394 e. The molecule has 3 aromatic rings. The molecule has 0 aliphatic carbocycles. The quantitative estimate of drug-likeness (QED) is 0.653. The maximum Gasteiger partial charge on any atom is 0.0633 e. The van der Waals surface area contributed by atoms with Crippen molar-refractivity contribution >= 4 is 10.8 Å². The van der Waals surface area contributed by atoms with E-state index in [1.807, 2.05) is 31.2 Å². The zero-order valence-electron chi connectivity index (χ0n) is 13.9. The predicted molar refractivity (Wildman–Crippen MR) is 98.8 cm³/mol. The Balaban J connectivity index is 2.00. The summed E-state index contributed by atoms with van der Waals surface area (Å²) in [7, 11) is 0. The summed E-state index contributed by atoms with van der Waals surface area (Å²) >= 11 is 0. The van der Waals surface area contributed by atoms with Crippen LogP contribution in [0, 0.1) is 0 Å². The van der Waals surface area contributed by atoms with Gasteiger partial charge < -0.3 is 15.5 Å². The van der Waals surface area contributed by atoms with Crippen LogP contribution in [0.3, 0.4) is 0 Å². The van der Waals surface area contributed by atoms with Crippen LogP contribution in [0.2, 0.25) is 0 Å². The maximum atomic E-state index is 9.45. The molecule has 3 heteroatoms. The summed E-state index contributed by atoms with van der Waals surface area (Å²) in [6.07, 6.45) is 0. The minimum absolute atomic E-state index is 0.108. The molecule has 0 radical (unpaired) electrons. The van der Waals surface area contributed by atoms with Crippen LogP contribution in [-0.2, 0) is 6.54 Å². The summed E-state index contributed by atoms with van der Waals surface area (Å²) in [5.74, 6) is 0. The Morgan fingerprint density at radius 1 is 0.792 bits per heavy atom. The Morgan fingerprint density at radius 3 is 2.08 bits per heavy atom. The first-order valence-corrected chi connectivity index (χ1v) is 8.20. The van der Waals surface area contributed by atoms with Crippen molar-refractivity contribution in [1.29, 1.82) is 0 Å². The van der Waals surface area contributed by atoms with Crippen LogP contribution in [0.15, 0.2) is 66.7 Å². The van der Waals surface area contributed by atoms with Crippen molar-refractivity contribution in [2.75, 3.05) is 13.2 Å². The molecule has 3 rings (SSSR count). The van der Waals surface area contributed by atoms with Gasteiger partial charge in [0.1, 0.15) is 0 Å². The fourth-order valence-corrected chi connectivity index (χ4v) is 2.86. The number of aliphatic hydroxyl groups is 2. The molecule has 0 heterocycles. The first kappa shape index (κ1) is 16.7. The fourth-order valence-electron chi connectivity index (χ4n) is 2.86. The third kappa shape index (κ3) is 3.34. The Hall–Kier alpha value is -2.20. The van der Waals surface area contributed by atoms with Crippen LogP contribution >= 0.6 is 0 Å². The van der Waals surface area contributed by atoms with E-state index < -0.39 is 5.54 Å². The smallest absolute Gasteiger partial charge is 0.0633 e. The summed E-state index contributed by atoms with van der Waals surface area (Å²) in [5.41, 5.74) is 2.88. The van der Waals surface area contributed by atoms with E-state index in [2.05, 4.69) is 47.8 Å². The molecule has 0 saturated heterocycles. The van der Waals surface area contributed by atoms with Gasteiger partial charge in [-0.1, -0.05) is 66.7 Å². The molecule has 3 nitrogen and oxygen atoms in total. The zero-order valence-corrected chi connectivity index (χ0v) is 13.9. The van der Waals surface area contributed by atoms with E-state index in [0.29, 0.717) is 6.54 Å². The van der Waals surface area contributed by atoms with Gasteiger partial charge in [-0.2, -0.15) is 0 Å². The Bertz CT molecular complexity index is 810. The normalized spacial score (nSPS) is 11.8. The Labute approximate surface area is 142 Å². The summed E-state index contributed by atoms with van der Waals surface area (Å²) in [4.78, 5) is 0. The standard InChI is InChI=1S/C21H23NO2/c1-21(14-23,15-24)22-13-17-11-12-19(16-7-3-2-4-8-16)20-10-6-5-9-18(17)20/h2-12,22-24H,13-15H2,1H3. The van der Waals surface area contributed by atoms with Gasteiger partial charge in [-0.15, -0.1) is 0 Å². The van der Waals surface area contributed by atoms with Gasteiger partial charge in [0, 0.05) is 6.54 Å². The van der Waals surface area contributed by atoms with E-state index in [9.17, 15) is 10.2 Å². The highest BCUT2D eigenvalue weighted by atomic mass is 16.3. The lowest BCUT2D eigenvalue weighted by Gasteiger charge is -2.26. The maximum absolute atomic E-state index is 9.45. The van der Waals surface area contributed by atoms with E-state index in [1.54, 1.807) is 0 Å². The third-order valence-corrected chi connectivity index (χ3v) is 4.50. The molecular weight excluding hydrogens is 298 g/mol. The molecule has 3 N–H and O–H groups in total. The lowest BCUT2D eigenvalue weighted by atomic mass is 9.94. The highest BCUT2D eigenvalue weighted by molar-refractivity contribution is 5.98. The molecule has 0 aromatic heterocycles. The van der Waals surface area contributed by atoms with Crippen LogP contribution in [0.5, 0.6) is 0 Å². The van der Waals surface area contributed by atoms with Gasteiger partial charge in [0.15, 0.2) is 0 Å². The molecule has 0 unspecified atom stereocenters. The number of nitrogens with one attached hydrogen (secondary N) is 1. The molecule has 3 aromatic carbocycles. The van der Waals surface area contributed by atoms with Crippen LogP contribution < -0.4 is 5.32 Å². The second-order valence-corrected chi connectivity index (χ2v) is 6.41. The van der Waals surface area contributed by atoms with Crippen LogP contribution in [0.4, 0.5) is 0 Å². The fraction of sp³-hybridized carbons (Fsp3) is 0.238. The van der Waals surface area contributed by atoms with Gasteiger partial charge in [0.2, 0.25) is 0 Å². The van der Waals surface area contributed by atoms with Gasteiger partial charge in [-0.05, 0) is 34.4 Å². The van der Waals surface area contributed by atoms with Crippen molar-refractivity contribution < 1.29 is 10.2 Å². The third-order valence-electron chi connectivity index (χ3n) is 4.50. The molecule has 24 heavy (non-hydrogen) atoms. The van der Waals surface area contributed by atoms with Crippen LogP contribution in [0.25, 0.3) is 21.9 Å². The molecule has 0 atom stereocenters. The molecular formula is C21H23NO2. The highest BCUT2D eigenvalue weighted by Gasteiger charge is 2.21. The first-order valence-electron chi connectivity index (χ1n) is 8.20. The van der Waals surface area contributed by atoms with E-state index in [0.717, 1.165) is 5.56 Å². The van der Waals surface area contributed by atoms with Crippen LogP contribution in [0.1, 0.15) is 12.5 Å². The van der Waals surface area contributed by atoms with Crippen molar-refractivity contribution in [3.8, 4) is 11.1 Å². The number of aliphatic hydroxyl groups excluding tert-OH is 2. The minimum Gasteiger partial charge on any atom is -0.394 e. The van der Waals surface area contributed by atoms with Gasteiger partial charge in [0.05, 0.1) is 18.8 Å². The Morgan fingerprint density at radius 2 is 1.42 bits per heavy atom. The van der Waals surface area contributed by atoms with E-state index in [1.165, 1.54) is 21.9 Å². The lowest BCUT2D eigenvalue weighted by molar-refractivity contribution is 0.103. The number of rotatable bonds is 6. The number of benzene rings is 3. The lowest BCUT2D eigenvalue weighted by Crippen LogP contribution is -2.48. The van der Waals surface area contributed by atoms with Gasteiger partial charge in [-0.25, -0.2) is 0 Å².